The van der Waals surface area contributed by atoms with Crippen LogP contribution in [-0.4, -0.2) is 19.3 Å². The minimum Gasteiger partial charge on any atom is -0.457 e. The first-order valence-corrected chi connectivity index (χ1v) is 8.08. The Hall–Kier alpha value is -2.56. The van der Waals surface area contributed by atoms with Gasteiger partial charge in [-0.1, -0.05) is 48.6 Å². The predicted octanol–water partition coefficient (Wildman–Crippen LogP) is 3.94. The highest BCUT2D eigenvalue weighted by molar-refractivity contribution is 5.73. The number of benzene rings is 2. The number of ether oxygens (including phenoxy) is 4. The maximum atomic E-state index is 6.18. The highest BCUT2D eigenvalue weighted by Crippen LogP contribution is 2.46. The molecule has 2 aromatic carbocycles. The summed E-state index contributed by atoms with van der Waals surface area (Å²) in [6.07, 6.45) is 5.62. The zero-order valence-electron chi connectivity index (χ0n) is 13.0. The van der Waals surface area contributed by atoms with Crippen molar-refractivity contribution < 1.29 is 18.9 Å². The zero-order valence-corrected chi connectivity index (χ0v) is 13.0. The maximum Gasteiger partial charge on any atom is 0.177 e. The minimum absolute atomic E-state index is 0.0297. The van der Waals surface area contributed by atoms with Crippen LogP contribution < -0.4 is 9.47 Å². The van der Waals surface area contributed by atoms with Gasteiger partial charge in [0.15, 0.2) is 17.3 Å². The normalized spacial score (nSPS) is 23.9. The Kier molecular flexibility index (Phi) is 3.18. The van der Waals surface area contributed by atoms with Gasteiger partial charge in [-0.25, -0.2) is 0 Å². The fourth-order valence-corrected chi connectivity index (χ4v) is 3.35. The van der Waals surface area contributed by atoms with Gasteiger partial charge in [-0.2, -0.15) is 0 Å². The number of hydrogen-bond donors (Lipinski definition) is 0. The largest absolute Gasteiger partial charge is 0.457 e. The van der Waals surface area contributed by atoms with E-state index < -0.39 is 0 Å². The first-order valence-electron chi connectivity index (χ1n) is 8.08. The molecule has 24 heavy (non-hydrogen) atoms. The Morgan fingerprint density at radius 3 is 2.71 bits per heavy atom. The van der Waals surface area contributed by atoms with Crippen molar-refractivity contribution in [2.75, 3.05) is 13.2 Å². The van der Waals surface area contributed by atoms with Crippen LogP contribution in [-0.2, 0) is 9.47 Å². The highest BCUT2D eigenvalue weighted by Gasteiger charge is 2.34. The van der Waals surface area contributed by atoms with Crippen molar-refractivity contribution in [2.45, 2.75) is 12.2 Å². The molecule has 2 unspecified atom stereocenters. The Bertz CT molecular complexity index is 838. The van der Waals surface area contributed by atoms with Gasteiger partial charge in [-0.05, 0) is 11.6 Å². The van der Waals surface area contributed by atoms with Gasteiger partial charge < -0.3 is 18.9 Å². The summed E-state index contributed by atoms with van der Waals surface area (Å²) in [5, 5.41) is 0. The second kappa shape index (κ2) is 5.51. The van der Waals surface area contributed by atoms with E-state index in [2.05, 4.69) is 0 Å². The lowest BCUT2D eigenvalue weighted by Crippen LogP contribution is -2.33. The smallest absolute Gasteiger partial charge is 0.177 e. The van der Waals surface area contributed by atoms with Crippen LogP contribution in [0.4, 0.5) is 0 Å². The van der Waals surface area contributed by atoms with Gasteiger partial charge in [0.05, 0.1) is 13.2 Å². The monoisotopic (exact) mass is 320 g/mol. The van der Waals surface area contributed by atoms with E-state index in [0.717, 1.165) is 22.4 Å². The van der Waals surface area contributed by atoms with E-state index in [-0.39, 0.29) is 12.2 Å². The molecule has 0 bridgehead atoms. The summed E-state index contributed by atoms with van der Waals surface area (Å²) in [5.74, 6) is 2.15. The third kappa shape index (κ3) is 2.15. The molecule has 0 radical (unpaired) electrons. The molecule has 1 aliphatic carbocycles. The second-order valence-corrected chi connectivity index (χ2v) is 5.95. The quantitative estimate of drug-likeness (QED) is 0.797. The molecule has 0 aromatic heterocycles. The molecule has 3 aliphatic rings. The van der Waals surface area contributed by atoms with Crippen LogP contribution in [0.3, 0.4) is 0 Å². The van der Waals surface area contributed by atoms with E-state index in [4.69, 9.17) is 18.9 Å². The van der Waals surface area contributed by atoms with Crippen LogP contribution in [0.1, 0.15) is 22.8 Å². The van der Waals surface area contributed by atoms with Crippen LogP contribution in [0, 0.1) is 0 Å². The molecule has 2 aliphatic heterocycles. The molecule has 120 valence electrons. The first kappa shape index (κ1) is 13.8. The lowest BCUT2D eigenvalue weighted by Gasteiger charge is -2.35. The van der Waals surface area contributed by atoms with Crippen LogP contribution in [0.15, 0.2) is 54.8 Å². The molecule has 1 fully saturated rings. The van der Waals surface area contributed by atoms with Crippen molar-refractivity contribution in [3.63, 3.8) is 0 Å². The molecule has 0 saturated carbocycles. The van der Waals surface area contributed by atoms with Crippen LogP contribution in [0.2, 0.25) is 0 Å². The van der Waals surface area contributed by atoms with Gasteiger partial charge in [-0.15, -0.1) is 0 Å². The predicted molar refractivity (Wildman–Crippen MR) is 89.6 cm³/mol. The van der Waals surface area contributed by atoms with Crippen molar-refractivity contribution in [2.24, 2.45) is 0 Å². The Morgan fingerprint density at radius 1 is 0.917 bits per heavy atom. The van der Waals surface area contributed by atoms with Crippen molar-refractivity contribution >= 4 is 11.8 Å². The fraction of sp³-hybridized carbons (Fsp3) is 0.200. The molecule has 0 N–H and O–H groups in total. The Labute approximate surface area is 139 Å². The van der Waals surface area contributed by atoms with E-state index in [1.807, 2.05) is 54.6 Å². The van der Waals surface area contributed by atoms with Crippen molar-refractivity contribution in [3.8, 4) is 11.5 Å². The van der Waals surface area contributed by atoms with E-state index in [0.29, 0.717) is 24.7 Å². The number of fused-ring (bicyclic) bond motifs is 5. The van der Waals surface area contributed by atoms with Gasteiger partial charge in [0.2, 0.25) is 0 Å². The summed E-state index contributed by atoms with van der Waals surface area (Å²) in [7, 11) is 0. The van der Waals surface area contributed by atoms with E-state index in [1.54, 1.807) is 6.26 Å². The van der Waals surface area contributed by atoms with E-state index in [9.17, 15) is 0 Å². The average Bonchev–Trinajstić information content (AvgIpc) is 2.67. The standard InChI is InChI=1S/C20H16O4/c1-2-4-13(5-3-1)18-12-23-17-9-6-14-15(20(17)24-18)7-8-16-19(14)22-11-10-21-16/h1-9,12,16,19H,10-11H2. The van der Waals surface area contributed by atoms with Crippen molar-refractivity contribution in [1.29, 1.82) is 0 Å². The highest BCUT2D eigenvalue weighted by atomic mass is 16.6. The van der Waals surface area contributed by atoms with Gasteiger partial charge in [0.1, 0.15) is 18.5 Å². The molecule has 2 atom stereocenters. The van der Waals surface area contributed by atoms with E-state index >= 15 is 0 Å². The van der Waals surface area contributed by atoms with Crippen LogP contribution >= 0.6 is 0 Å². The van der Waals surface area contributed by atoms with Crippen molar-refractivity contribution in [3.05, 3.63) is 71.5 Å². The molecule has 4 nitrogen and oxygen atoms in total. The molecule has 0 spiro atoms. The zero-order chi connectivity index (χ0) is 15.9. The maximum absolute atomic E-state index is 6.18. The van der Waals surface area contributed by atoms with Gasteiger partial charge in [-0.3, -0.25) is 0 Å². The molecule has 4 heteroatoms. The van der Waals surface area contributed by atoms with Crippen LogP contribution in [0.25, 0.3) is 11.8 Å². The minimum atomic E-state index is -0.0845. The van der Waals surface area contributed by atoms with Gasteiger partial charge >= 0.3 is 0 Å². The fourth-order valence-electron chi connectivity index (χ4n) is 3.35. The SMILES string of the molecule is C1=CC2OCCOC2c2ccc3c(c21)OC(c1ccccc1)=CO3. The lowest BCUT2D eigenvalue weighted by atomic mass is 9.91. The third-order valence-electron chi connectivity index (χ3n) is 4.51. The summed E-state index contributed by atoms with van der Waals surface area (Å²) in [6.45, 7) is 1.24. The van der Waals surface area contributed by atoms with Gasteiger partial charge in [0, 0.05) is 11.1 Å². The molecule has 0 amide bonds. The number of rotatable bonds is 1. The molecule has 1 saturated heterocycles. The summed E-state index contributed by atoms with van der Waals surface area (Å²) < 4.78 is 23.7. The topological polar surface area (TPSA) is 36.9 Å². The van der Waals surface area contributed by atoms with Crippen LogP contribution in [0.5, 0.6) is 11.5 Å². The Balaban J connectivity index is 1.56. The second-order valence-electron chi connectivity index (χ2n) is 5.95. The van der Waals surface area contributed by atoms with Gasteiger partial charge in [0.25, 0.3) is 0 Å². The molecular weight excluding hydrogens is 304 g/mol. The average molecular weight is 320 g/mol. The summed E-state index contributed by atoms with van der Waals surface area (Å²) in [5.41, 5.74) is 3.07. The van der Waals surface area contributed by atoms with E-state index in [1.165, 1.54) is 0 Å². The molecule has 2 aromatic rings. The summed E-state index contributed by atoms with van der Waals surface area (Å²) in [4.78, 5) is 0. The Morgan fingerprint density at radius 2 is 1.79 bits per heavy atom. The summed E-state index contributed by atoms with van der Waals surface area (Å²) in [6, 6.07) is 13.9. The first-order chi connectivity index (χ1) is 11.9. The molecule has 5 rings (SSSR count). The molecule has 2 heterocycles. The summed E-state index contributed by atoms with van der Waals surface area (Å²) >= 11 is 0. The molecular formula is C20H16O4. The lowest BCUT2D eigenvalue weighted by molar-refractivity contribution is -0.124. The third-order valence-corrected chi connectivity index (χ3v) is 4.51. The number of hydrogen-bond acceptors (Lipinski definition) is 4. The van der Waals surface area contributed by atoms with Crippen molar-refractivity contribution in [1.82, 2.24) is 0 Å².